The first-order valence-electron chi connectivity index (χ1n) is 4.85. The first-order valence-corrected chi connectivity index (χ1v) is 7.98. The number of rotatable bonds is 0. The summed E-state index contributed by atoms with van der Waals surface area (Å²) in [5.74, 6) is 11.4. The Morgan fingerprint density at radius 1 is 1.08 bits per heavy atom. The predicted octanol–water partition coefficient (Wildman–Crippen LogP) is 1.82. The molecule has 0 bridgehead atoms. The maximum Gasteiger partial charge on any atom is 0.0528 e. The van der Waals surface area contributed by atoms with Gasteiger partial charge in [-0.2, -0.15) is 21.0 Å². The lowest BCUT2D eigenvalue weighted by molar-refractivity contribution is 0.273. The minimum Gasteiger partial charge on any atom is -0.306 e. The van der Waals surface area contributed by atoms with Crippen LogP contribution in [0.5, 0.6) is 0 Å². The molecular formula is C10H19NS2. The van der Waals surface area contributed by atoms with Gasteiger partial charge in [0.1, 0.15) is 0 Å². The van der Waals surface area contributed by atoms with Crippen molar-refractivity contribution in [3.05, 3.63) is 0 Å². The van der Waals surface area contributed by atoms with E-state index in [0.29, 0.717) is 25.0 Å². The SMILES string of the molecule is C=S1CCS(=C)C12CCN(C)CC2. The highest BCUT2D eigenvalue weighted by atomic mass is 32.2. The van der Waals surface area contributed by atoms with Gasteiger partial charge in [-0.15, -0.1) is 0 Å². The van der Waals surface area contributed by atoms with Crippen LogP contribution in [0.2, 0.25) is 0 Å². The molecule has 2 saturated heterocycles. The van der Waals surface area contributed by atoms with Crippen molar-refractivity contribution in [2.24, 2.45) is 0 Å². The molecule has 0 amide bonds. The normalized spacial score (nSPS) is 39.8. The molecule has 2 fully saturated rings. The summed E-state index contributed by atoms with van der Waals surface area (Å²) in [7, 11) is 3.05. The van der Waals surface area contributed by atoms with E-state index in [9.17, 15) is 0 Å². The first-order chi connectivity index (χ1) is 6.15. The van der Waals surface area contributed by atoms with E-state index in [4.69, 9.17) is 0 Å². The minimum absolute atomic E-state index is 0.410. The molecule has 76 valence electrons. The molecule has 2 rings (SSSR count). The van der Waals surface area contributed by atoms with E-state index in [1.807, 2.05) is 0 Å². The third-order valence-corrected chi connectivity index (χ3v) is 9.36. The topological polar surface area (TPSA) is 3.24 Å². The van der Waals surface area contributed by atoms with Crippen molar-refractivity contribution in [1.29, 1.82) is 0 Å². The standard InChI is InChI=1S/C10H19NS2/c1-11-6-4-10(5-7-11)12(2)8-9-13(10)3/h2-9H2,1H3. The molecule has 0 aromatic rings. The van der Waals surface area contributed by atoms with E-state index < -0.39 is 0 Å². The Morgan fingerprint density at radius 2 is 1.54 bits per heavy atom. The Morgan fingerprint density at radius 3 is 2.00 bits per heavy atom. The number of likely N-dealkylation sites (tertiary alicyclic amines) is 1. The van der Waals surface area contributed by atoms with Crippen molar-refractivity contribution in [2.75, 3.05) is 31.6 Å². The van der Waals surface area contributed by atoms with Gasteiger partial charge >= 0.3 is 0 Å². The summed E-state index contributed by atoms with van der Waals surface area (Å²) in [6, 6.07) is 0. The van der Waals surface area contributed by atoms with Gasteiger partial charge in [0.05, 0.1) is 4.08 Å². The van der Waals surface area contributed by atoms with Crippen molar-refractivity contribution in [3.8, 4) is 0 Å². The summed E-state index contributed by atoms with van der Waals surface area (Å²) in [6.45, 7) is 2.52. The number of nitrogens with zero attached hydrogens (tertiary/aromatic N) is 1. The second kappa shape index (κ2) is 3.52. The van der Waals surface area contributed by atoms with Crippen molar-refractivity contribution in [3.63, 3.8) is 0 Å². The van der Waals surface area contributed by atoms with E-state index in [0.717, 1.165) is 0 Å². The van der Waals surface area contributed by atoms with Crippen molar-refractivity contribution in [1.82, 2.24) is 4.90 Å². The molecule has 1 spiro atoms. The average Bonchev–Trinajstić information content (AvgIpc) is 2.39. The van der Waals surface area contributed by atoms with Crippen molar-refractivity contribution < 1.29 is 0 Å². The second-order valence-corrected chi connectivity index (χ2v) is 8.72. The monoisotopic (exact) mass is 217 g/mol. The molecule has 1 nitrogen and oxygen atoms in total. The van der Waals surface area contributed by atoms with Crippen LogP contribution in [-0.2, 0) is 0 Å². The summed E-state index contributed by atoms with van der Waals surface area (Å²) in [5.41, 5.74) is 0. The van der Waals surface area contributed by atoms with Gasteiger partial charge in [-0.05, 0) is 44.5 Å². The molecule has 0 N–H and O–H groups in total. The van der Waals surface area contributed by atoms with Crippen LogP contribution in [0.15, 0.2) is 0 Å². The van der Waals surface area contributed by atoms with E-state index in [2.05, 4.69) is 23.7 Å². The second-order valence-electron chi connectivity index (χ2n) is 4.11. The van der Waals surface area contributed by atoms with Crippen LogP contribution >= 0.6 is 21.0 Å². The van der Waals surface area contributed by atoms with Gasteiger partial charge in [0.2, 0.25) is 0 Å². The lowest BCUT2D eigenvalue weighted by Gasteiger charge is -2.40. The Balaban J connectivity index is 2.19. The van der Waals surface area contributed by atoms with E-state index in [1.165, 1.54) is 37.4 Å². The molecule has 2 aliphatic heterocycles. The highest BCUT2D eigenvalue weighted by Crippen LogP contribution is 2.56. The van der Waals surface area contributed by atoms with Crippen LogP contribution in [0, 0.1) is 0 Å². The van der Waals surface area contributed by atoms with Gasteiger partial charge in [0.15, 0.2) is 0 Å². The largest absolute Gasteiger partial charge is 0.306 e. The summed E-state index contributed by atoms with van der Waals surface area (Å²) >= 11 is 0. The van der Waals surface area contributed by atoms with E-state index in [-0.39, 0.29) is 0 Å². The van der Waals surface area contributed by atoms with E-state index in [1.54, 1.807) is 0 Å². The Bertz CT molecular complexity index is 234. The lowest BCUT2D eigenvalue weighted by Crippen LogP contribution is -2.38. The van der Waals surface area contributed by atoms with Crippen molar-refractivity contribution in [2.45, 2.75) is 16.9 Å². The first kappa shape index (κ1) is 9.94. The smallest absolute Gasteiger partial charge is 0.0528 e. The Labute approximate surface area is 86.4 Å². The number of hydrogen-bond donors (Lipinski definition) is 0. The van der Waals surface area contributed by atoms with Crippen LogP contribution in [0.25, 0.3) is 0 Å². The summed E-state index contributed by atoms with van der Waals surface area (Å²) < 4.78 is 0.562. The fourth-order valence-electron chi connectivity index (χ4n) is 2.28. The zero-order valence-electron chi connectivity index (χ0n) is 8.42. The maximum absolute atomic E-state index is 4.37. The van der Waals surface area contributed by atoms with Crippen LogP contribution in [0.4, 0.5) is 0 Å². The molecule has 2 unspecified atom stereocenters. The lowest BCUT2D eigenvalue weighted by atomic mass is 10.1. The third kappa shape index (κ3) is 1.55. The fourth-order valence-corrected chi connectivity index (χ4v) is 7.98. The molecule has 0 aromatic heterocycles. The number of hydrogen-bond acceptors (Lipinski definition) is 1. The molecule has 0 aromatic carbocycles. The fraction of sp³-hybridized carbons (Fsp3) is 0.800. The van der Waals surface area contributed by atoms with Gasteiger partial charge in [-0.25, -0.2) is 0 Å². The van der Waals surface area contributed by atoms with Gasteiger partial charge in [0, 0.05) is 0 Å². The molecule has 13 heavy (non-hydrogen) atoms. The molecule has 0 radical (unpaired) electrons. The Kier molecular flexibility index (Phi) is 2.69. The van der Waals surface area contributed by atoms with Crippen LogP contribution in [0.3, 0.4) is 0 Å². The highest BCUT2D eigenvalue weighted by molar-refractivity contribution is 8.34. The third-order valence-electron chi connectivity index (χ3n) is 3.38. The van der Waals surface area contributed by atoms with Crippen LogP contribution in [-0.4, -0.2) is 52.4 Å². The molecule has 0 aliphatic carbocycles. The molecule has 2 aliphatic rings. The average molecular weight is 217 g/mol. The molecule has 0 saturated carbocycles. The highest BCUT2D eigenvalue weighted by Gasteiger charge is 2.40. The van der Waals surface area contributed by atoms with Gasteiger partial charge < -0.3 is 4.90 Å². The van der Waals surface area contributed by atoms with Gasteiger partial charge in [-0.1, -0.05) is 11.7 Å². The maximum atomic E-state index is 4.37. The van der Waals surface area contributed by atoms with Crippen LogP contribution < -0.4 is 0 Å². The number of piperidine rings is 1. The Hall–Kier alpha value is 0.400. The zero-order chi connectivity index (χ0) is 9.47. The molecule has 2 atom stereocenters. The predicted molar refractivity (Wildman–Crippen MR) is 68.6 cm³/mol. The van der Waals surface area contributed by atoms with Gasteiger partial charge in [0.25, 0.3) is 0 Å². The van der Waals surface area contributed by atoms with Crippen LogP contribution in [0.1, 0.15) is 12.8 Å². The molecular weight excluding hydrogens is 198 g/mol. The quantitative estimate of drug-likeness (QED) is 0.560. The van der Waals surface area contributed by atoms with Crippen molar-refractivity contribution >= 4 is 32.7 Å². The molecule has 3 heteroatoms. The molecule has 2 heterocycles. The summed E-state index contributed by atoms with van der Waals surface area (Å²) in [5, 5.41) is 0. The van der Waals surface area contributed by atoms with Gasteiger partial charge in [-0.3, -0.25) is 0 Å². The summed E-state index contributed by atoms with van der Waals surface area (Å²) in [6.07, 6.45) is 2.70. The van der Waals surface area contributed by atoms with E-state index >= 15 is 0 Å². The minimum atomic E-state index is 0.410. The zero-order valence-corrected chi connectivity index (χ0v) is 10.1. The summed E-state index contributed by atoms with van der Waals surface area (Å²) in [4.78, 5) is 2.44.